The number of aliphatic imine (C=N–C) groups is 1. The van der Waals surface area contributed by atoms with Crippen LogP contribution in [0.2, 0.25) is 0 Å². The van der Waals surface area contributed by atoms with Gasteiger partial charge in [0.25, 0.3) is 0 Å². The Morgan fingerprint density at radius 1 is 1.03 bits per heavy atom. The summed E-state index contributed by atoms with van der Waals surface area (Å²) in [7, 11) is -1.99. The van der Waals surface area contributed by atoms with Gasteiger partial charge < -0.3 is 10.6 Å². The zero-order valence-corrected chi connectivity index (χ0v) is 20.3. The van der Waals surface area contributed by atoms with E-state index in [2.05, 4.69) is 53.7 Å². The minimum absolute atomic E-state index is 0. The van der Waals surface area contributed by atoms with E-state index in [0.717, 1.165) is 24.9 Å². The first kappa shape index (κ1) is 25.4. The molecule has 8 heteroatoms. The number of sulfonamides is 1. The zero-order chi connectivity index (χ0) is 20.6. The fraction of sp³-hybridized carbons (Fsp3) is 0.381. The average molecular weight is 530 g/mol. The van der Waals surface area contributed by atoms with Crippen molar-refractivity contribution >= 4 is 40.0 Å². The molecule has 2 aromatic carbocycles. The van der Waals surface area contributed by atoms with Crippen LogP contribution in [0.25, 0.3) is 0 Å². The molecule has 0 heterocycles. The van der Waals surface area contributed by atoms with Crippen molar-refractivity contribution in [1.82, 2.24) is 10.6 Å². The molecular weight excluding hydrogens is 499 g/mol. The molecule has 0 aliphatic rings. The lowest BCUT2D eigenvalue weighted by molar-refractivity contribution is 0.389. The minimum atomic E-state index is -3.71. The number of primary sulfonamides is 1. The summed E-state index contributed by atoms with van der Waals surface area (Å²) in [5.41, 5.74) is 2.14. The molecule has 0 bridgehead atoms. The molecule has 0 aromatic heterocycles. The van der Waals surface area contributed by atoms with E-state index in [9.17, 15) is 8.42 Å². The maximum atomic E-state index is 11.5. The summed E-state index contributed by atoms with van der Waals surface area (Å²) in [6.45, 7) is 5.60. The number of hydrogen-bond donors (Lipinski definition) is 3. The predicted molar refractivity (Wildman–Crippen MR) is 130 cm³/mol. The van der Waals surface area contributed by atoms with E-state index < -0.39 is 10.0 Å². The SMILES string of the molecule is CCC(CC)(CNC(=NC)NCc1cccc(S(N)(=O)=O)c1)c1ccccc1.I. The maximum Gasteiger partial charge on any atom is 0.238 e. The topological polar surface area (TPSA) is 96.6 Å². The van der Waals surface area contributed by atoms with Gasteiger partial charge in [-0.3, -0.25) is 4.99 Å². The van der Waals surface area contributed by atoms with Crippen molar-refractivity contribution in [3.8, 4) is 0 Å². The number of halogens is 1. The zero-order valence-electron chi connectivity index (χ0n) is 17.2. The summed E-state index contributed by atoms with van der Waals surface area (Å²) >= 11 is 0. The largest absolute Gasteiger partial charge is 0.356 e. The first-order valence-corrected chi connectivity index (χ1v) is 11.0. The highest BCUT2D eigenvalue weighted by Crippen LogP contribution is 2.30. The highest BCUT2D eigenvalue weighted by Gasteiger charge is 2.28. The van der Waals surface area contributed by atoms with E-state index in [0.29, 0.717) is 12.5 Å². The number of nitrogens with one attached hydrogen (secondary N) is 2. The standard InChI is InChI=1S/C21H30N4O2S.HI/c1-4-21(5-2,18-11-7-6-8-12-18)16-25-20(23-3)24-15-17-10-9-13-19(14-17)28(22,26)27;/h6-14H,4-5,15-16H2,1-3H3,(H2,22,26,27)(H2,23,24,25);1H. The van der Waals surface area contributed by atoms with Crippen LogP contribution in [-0.2, 0) is 22.0 Å². The molecule has 4 N–H and O–H groups in total. The normalized spacial score (nSPS) is 12.2. The molecule has 2 aromatic rings. The third-order valence-electron chi connectivity index (χ3n) is 5.24. The first-order valence-electron chi connectivity index (χ1n) is 9.46. The van der Waals surface area contributed by atoms with Crippen LogP contribution in [0.5, 0.6) is 0 Å². The smallest absolute Gasteiger partial charge is 0.238 e. The summed E-state index contributed by atoms with van der Waals surface area (Å²) in [6.07, 6.45) is 2.02. The van der Waals surface area contributed by atoms with Crippen molar-refractivity contribution < 1.29 is 8.42 Å². The Balaban J connectivity index is 0.00000420. The summed E-state index contributed by atoms with van der Waals surface area (Å²) in [5, 5.41) is 11.9. The van der Waals surface area contributed by atoms with E-state index in [1.807, 2.05) is 12.1 Å². The lowest BCUT2D eigenvalue weighted by Gasteiger charge is -2.33. The van der Waals surface area contributed by atoms with Gasteiger partial charge >= 0.3 is 0 Å². The number of nitrogens with zero attached hydrogens (tertiary/aromatic N) is 1. The van der Waals surface area contributed by atoms with Crippen molar-refractivity contribution in [2.75, 3.05) is 13.6 Å². The van der Waals surface area contributed by atoms with Crippen molar-refractivity contribution in [3.05, 3.63) is 65.7 Å². The monoisotopic (exact) mass is 530 g/mol. The summed E-state index contributed by atoms with van der Waals surface area (Å²) in [5.74, 6) is 0.670. The highest BCUT2D eigenvalue weighted by molar-refractivity contribution is 14.0. The molecule has 160 valence electrons. The van der Waals surface area contributed by atoms with E-state index in [1.54, 1.807) is 19.2 Å². The Labute approximate surface area is 191 Å². The Hall–Kier alpha value is -1.65. The van der Waals surface area contributed by atoms with Gasteiger partial charge in [-0.2, -0.15) is 0 Å². The summed E-state index contributed by atoms with van der Waals surface area (Å²) in [6, 6.07) is 17.1. The van der Waals surface area contributed by atoms with Crippen LogP contribution in [-0.4, -0.2) is 28.0 Å². The Kier molecular flexibility index (Phi) is 10.1. The lowest BCUT2D eigenvalue weighted by atomic mass is 9.76. The van der Waals surface area contributed by atoms with E-state index in [4.69, 9.17) is 5.14 Å². The number of benzene rings is 2. The van der Waals surface area contributed by atoms with Crippen molar-refractivity contribution in [2.45, 2.75) is 43.5 Å². The van der Waals surface area contributed by atoms with Crippen LogP contribution in [0.1, 0.15) is 37.8 Å². The number of hydrogen-bond acceptors (Lipinski definition) is 3. The van der Waals surface area contributed by atoms with Gasteiger partial charge in [-0.1, -0.05) is 56.3 Å². The molecule has 0 spiro atoms. The molecule has 0 saturated carbocycles. The maximum absolute atomic E-state index is 11.5. The third kappa shape index (κ3) is 6.97. The molecule has 0 aliphatic carbocycles. The summed E-state index contributed by atoms with van der Waals surface area (Å²) < 4.78 is 23.0. The Bertz CT molecular complexity index is 898. The molecule has 0 aliphatic heterocycles. The van der Waals surface area contributed by atoms with Crippen LogP contribution in [0.3, 0.4) is 0 Å². The second-order valence-corrected chi connectivity index (χ2v) is 8.39. The fourth-order valence-corrected chi connectivity index (χ4v) is 3.88. The van der Waals surface area contributed by atoms with Crippen LogP contribution < -0.4 is 15.8 Å². The Morgan fingerprint density at radius 3 is 2.24 bits per heavy atom. The van der Waals surface area contributed by atoms with Crippen LogP contribution in [0, 0.1) is 0 Å². The van der Waals surface area contributed by atoms with Crippen molar-refractivity contribution in [3.63, 3.8) is 0 Å². The molecular formula is C21H31IN4O2S. The van der Waals surface area contributed by atoms with Crippen LogP contribution in [0.4, 0.5) is 0 Å². The third-order valence-corrected chi connectivity index (χ3v) is 6.16. The number of guanidine groups is 1. The second-order valence-electron chi connectivity index (χ2n) is 6.83. The van der Waals surface area contributed by atoms with E-state index >= 15 is 0 Å². The van der Waals surface area contributed by atoms with Crippen LogP contribution in [0.15, 0.2) is 64.5 Å². The predicted octanol–water partition coefficient (Wildman–Crippen LogP) is 3.38. The molecule has 0 amide bonds. The van der Waals surface area contributed by atoms with Gasteiger partial charge in [-0.15, -0.1) is 24.0 Å². The van der Waals surface area contributed by atoms with Gasteiger partial charge in [-0.05, 0) is 36.1 Å². The molecule has 0 fully saturated rings. The van der Waals surface area contributed by atoms with Gasteiger partial charge in [0.2, 0.25) is 10.0 Å². The first-order chi connectivity index (χ1) is 13.3. The molecule has 0 radical (unpaired) electrons. The van der Waals surface area contributed by atoms with E-state index in [1.165, 1.54) is 11.6 Å². The molecule has 0 atom stereocenters. The van der Waals surface area contributed by atoms with Gasteiger partial charge in [0.15, 0.2) is 5.96 Å². The number of nitrogens with two attached hydrogens (primary N) is 1. The molecule has 6 nitrogen and oxygen atoms in total. The van der Waals surface area contributed by atoms with Gasteiger partial charge in [0, 0.05) is 25.6 Å². The molecule has 0 unspecified atom stereocenters. The Morgan fingerprint density at radius 2 is 1.69 bits per heavy atom. The van der Waals surface area contributed by atoms with Gasteiger partial charge in [-0.25, -0.2) is 13.6 Å². The molecule has 2 rings (SSSR count). The van der Waals surface area contributed by atoms with Gasteiger partial charge in [0.05, 0.1) is 4.90 Å². The van der Waals surface area contributed by atoms with Crippen LogP contribution >= 0.6 is 24.0 Å². The van der Waals surface area contributed by atoms with Crippen molar-refractivity contribution in [2.24, 2.45) is 10.1 Å². The molecule has 29 heavy (non-hydrogen) atoms. The second kappa shape index (κ2) is 11.5. The van der Waals surface area contributed by atoms with E-state index in [-0.39, 0.29) is 34.3 Å². The quantitative estimate of drug-likeness (QED) is 0.277. The van der Waals surface area contributed by atoms with Crippen molar-refractivity contribution in [1.29, 1.82) is 0 Å². The lowest BCUT2D eigenvalue weighted by Crippen LogP contribution is -2.45. The minimum Gasteiger partial charge on any atom is -0.356 e. The molecule has 0 saturated heterocycles. The summed E-state index contributed by atoms with van der Waals surface area (Å²) in [4.78, 5) is 4.40. The fourth-order valence-electron chi connectivity index (χ4n) is 3.29. The highest BCUT2D eigenvalue weighted by atomic mass is 127. The van der Waals surface area contributed by atoms with Gasteiger partial charge in [0.1, 0.15) is 0 Å². The average Bonchev–Trinajstić information content (AvgIpc) is 2.71. The number of rotatable bonds is 8.